The molecule has 3 rings (SSSR count). The van der Waals surface area contributed by atoms with E-state index in [0.29, 0.717) is 11.3 Å². The summed E-state index contributed by atoms with van der Waals surface area (Å²) >= 11 is 6.06. The number of nitro groups is 1. The molecule has 0 unspecified atom stereocenters. The SMILES string of the molecule is COc1ccc(S(=O)(=O)N(CC(=O)Nc2cc([N+](=O)[O-])ccc2C)c2cccc(Cl)c2)cc1. The molecule has 3 aromatic carbocycles. The summed E-state index contributed by atoms with van der Waals surface area (Å²) in [6.45, 7) is 1.08. The number of amides is 1. The van der Waals surface area contributed by atoms with E-state index < -0.39 is 27.4 Å². The second kappa shape index (κ2) is 9.88. The molecular weight excluding hydrogens is 470 g/mol. The molecule has 33 heavy (non-hydrogen) atoms. The Labute approximate surface area is 195 Å². The van der Waals surface area contributed by atoms with Gasteiger partial charge in [0.25, 0.3) is 15.7 Å². The Morgan fingerprint density at radius 2 is 1.82 bits per heavy atom. The maximum Gasteiger partial charge on any atom is 0.271 e. The highest BCUT2D eigenvalue weighted by Gasteiger charge is 2.28. The Morgan fingerprint density at radius 1 is 1.12 bits per heavy atom. The third-order valence-electron chi connectivity index (χ3n) is 4.74. The van der Waals surface area contributed by atoms with Gasteiger partial charge in [0.15, 0.2) is 0 Å². The van der Waals surface area contributed by atoms with Gasteiger partial charge in [-0.2, -0.15) is 0 Å². The zero-order chi connectivity index (χ0) is 24.2. The lowest BCUT2D eigenvalue weighted by atomic mass is 10.2. The van der Waals surface area contributed by atoms with Crippen molar-refractivity contribution in [2.24, 2.45) is 0 Å². The van der Waals surface area contributed by atoms with Gasteiger partial charge in [-0.25, -0.2) is 8.42 Å². The number of benzene rings is 3. The minimum Gasteiger partial charge on any atom is -0.497 e. The number of rotatable bonds is 8. The van der Waals surface area contributed by atoms with E-state index in [1.54, 1.807) is 19.1 Å². The lowest BCUT2D eigenvalue weighted by molar-refractivity contribution is -0.384. The molecule has 0 saturated heterocycles. The minimum atomic E-state index is -4.16. The summed E-state index contributed by atoms with van der Waals surface area (Å²) in [6, 6.07) is 15.8. The van der Waals surface area contributed by atoms with Crippen LogP contribution in [0.15, 0.2) is 71.6 Å². The van der Waals surface area contributed by atoms with Crippen molar-refractivity contribution >= 4 is 44.6 Å². The number of carbonyl (C=O) groups is 1. The number of methoxy groups -OCH3 is 1. The van der Waals surface area contributed by atoms with Gasteiger partial charge in [-0.1, -0.05) is 23.7 Å². The van der Waals surface area contributed by atoms with E-state index in [2.05, 4.69) is 5.32 Å². The van der Waals surface area contributed by atoms with Crippen LogP contribution < -0.4 is 14.4 Å². The van der Waals surface area contributed by atoms with E-state index in [-0.39, 0.29) is 27.0 Å². The maximum absolute atomic E-state index is 13.4. The highest BCUT2D eigenvalue weighted by molar-refractivity contribution is 7.92. The van der Waals surface area contributed by atoms with Crippen molar-refractivity contribution in [1.29, 1.82) is 0 Å². The van der Waals surface area contributed by atoms with Crippen LogP contribution in [0.25, 0.3) is 0 Å². The van der Waals surface area contributed by atoms with Gasteiger partial charge in [-0.3, -0.25) is 19.2 Å². The van der Waals surface area contributed by atoms with Gasteiger partial charge in [0.2, 0.25) is 5.91 Å². The monoisotopic (exact) mass is 489 g/mol. The van der Waals surface area contributed by atoms with Crippen molar-refractivity contribution in [1.82, 2.24) is 0 Å². The largest absolute Gasteiger partial charge is 0.497 e. The lowest BCUT2D eigenvalue weighted by Gasteiger charge is -2.24. The second-order valence-corrected chi connectivity index (χ2v) is 9.27. The molecule has 0 atom stereocenters. The first kappa shape index (κ1) is 24.0. The van der Waals surface area contributed by atoms with Crippen LogP contribution >= 0.6 is 11.6 Å². The zero-order valence-corrected chi connectivity index (χ0v) is 19.3. The van der Waals surface area contributed by atoms with Gasteiger partial charge < -0.3 is 10.1 Å². The van der Waals surface area contributed by atoms with Crippen LogP contribution in [0.4, 0.5) is 17.1 Å². The molecule has 0 fully saturated rings. The van der Waals surface area contributed by atoms with Crippen molar-refractivity contribution in [2.45, 2.75) is 11.8 Å². The Morgan fingerprint density at radius 3 is 2.42 bits per heavy atom. The number of halogens is 1. The Bertz CT molecular complexity index is 1300. The van der Waals surface area contributed by atoms with E-state index in [4.69, 9.17) is 16.3 Å². The standard InChI is InChI=1S/C22H20ClN3O6S/c1-15-6-7-18(26(28)29)13-21(15)24-22(27)14-25(17-5-3-4-16(23)12-17)33(30,31)20-10-8-19(32-2)9-11-20/h3-13H,14H2,1-2H3,(H,24,27). The fraction of sp³-hybridized carbons (Fsp3) is 0.136. The van der Waals surface area contributed by atoms with Gasteiger partial charge in [-0.05, 0) is 55.0 Å². The molecule has 3 aromatic rings. The number of ether oxygens (including phenoxy) is 1. The first-order valence-electron chi connectivity index (χ1n) is 9.59. The summed E-state index contributed by atoms with van der Waals surface area (Å²) in [5.41, 5.74) is 0.779. The van der Waals surface area contributed by atoms with Gasteiger partial charge in [0.1, 0.15) is 12.3 Å². The quantitative estimate of drug-likeness (QED) is 0.370. The summed E-state index contributed by atoms with van der Waals surface area (Å²) in [6.07, 6.45) is 0. The van der Waals surface area contributed by atoms with E-state index >= 15 is 0 Å². The molecule has 1 amide bonds. The van der Waals surface area contributed by atoms with Crippen molar-refractivity contribution in [3.8, 4) is 5.75 Å². The topological polar surface area (TPSA) is 119 Å². The van der Waals surface area contributed by atoms with Crippen LogP contribution in [0.3, 0.4) is 0 Å². The smallest absolute Gasteiger partial charge is 0.271 e. The molecule has 1 N–H and O–H groups in total. The number of carbonyl (C=O) groups excluding carboxylic acids is 1. The highest BCUT2D eigenvalue weighted by atomic mass is 35.5. The molecule has 0 spiro atoms. The predicted molar refractivity (Wildman–Crippen MR) is 125 cm³/mol. The number of nitrogens with one attached hydrogen (secondary N) is 1. The van der Waals surface area contributed by atoms with E-state index in [1.807, 2.05) is 0 Å². The first-order valence-corrected chi connectivity index (χ1v) is 11.4. The molecular formula is C22H20ClN3O6S. The fourth-order valence-corrected chi connectivity index (χ4v) is 4.60. The molecule has 172 valence electrons. The average Bonchev–Trinajstić information content (AvgIpc) is 2.78. The summed E-state index contributed by atoms with van der Waals surface area (Å²) < 4.78 is 32.8. The van der Waals surface area contributed by atoms with Gasteiger partial charge in [0, 0.05) is 17.2 Å². The Hall–Kier alpha value is -3.63. The normalized spacial score (nSPS) is 11.0. The molecule has 0 saturated carbocycles. The number of hydrogen-bond acceptors (Lipinski definition) is 6. The average molecular weight is 490 g/mol. The van der Waals surface area contributed by atoms with Crippen LogP contribution in [0.5, 0.6) is 5.75 Å². The van der Waals surface area contributed by atoms with Crippen molar-refractivity contribution in [3.05, 3.63) is 87.4 Å². The highest BCUT2D eigenvalue weighted by Crippen LogP contribution is 2.28. The molecule has 0 bridgehead atoms. The summed E-state index contributed by atoms with van der Waals surface area (Å²) in [7, 11) is -2.70. The van der Waals surface area contributed by atoms with Crippen LogP contribution in [0.2, 0.25) is 5.02 Å². The molecule has 0 aliphatic carbocycles. The van der Waals surface area contributed by atoms with Crippen LogP contribution in [0.1, 0.15) is 5.56 Å². The summed E-state index contributed by atoms with van der Waals surface area (Å²) in [4.78, 5) is 23.3. The molecule has 0 aromatic heterocycles. The van der Waals surface area contributed by atoms with Crippen molar-refractivity contribution in [3.63, 3.8) is 0 Å². The van der Waals surface area contributed by atoms with Crippen LogP contribution in [0, 0.1) is 17.0 Å². The Kier molecular flexibility index (Phi) is 7.19. The molecule has 0 radical (unpaired) electrons. The number of nitro benzene ring substituents is 1. The van der Waals surface area contributed by atoms with Crippen LogP contribution in [-0.2, 0) is 14.8 Å². The van der Waals surface area contributed by atoms with Gasteiger partial charge in [0.05, 0.1) is 28.3 Å². The number of nitrogens with zero attached hydrogens (tertiary/aromatic N) is 2. The number of sulfonamides is 1. The number of hydrogen-bond donors (Lipinski definition) is 1. The fourth-order valence-electron chi connectivity index (χ4n) is 3.00. The molecule has 0 aliphatic rings. The van der Waals surface area contributed by atoms with E-state index in [9.17, 15) is 23.3 Å². The van der Waals surface area contributed by atoms with Gasteiger partial charge >= 0.3 is 0 Å². The van der Waals surface area contributed by atoms with E-state index in [1.165, 1.54) is 61.7 Å². The number of non-ortho nitro benzene ring substituents is 1. The van der Waals surface area contributed by atoms with Crippen molar-refractivity contribution < 1.29 is 22.9 Å². The summed E-state index contributed by atoms with van der Waals surface area (Å²) in [5.74, 6) is -0.210. The molecule has 0 aliphatic heterocycles. The Balaban J connectivity index is 1.96. The minimum absolute atomic E-state index is 0.0531. The first-order chi connectivity index (χ1) is 15.6. The zero-order valence-electron chi connectivity index (χ0n) is 17.7. The molecule has 0 heterocycles. The van der Waals surface area contributed by atoms with Crippen molar-refractivity contribution in [2.75, 3.05) is 23.3 Å². The number of anilines is 2. The third-order valence-corrected chi connectivity index (χ3v) is 6.76. The van der Waals surface area contributed by atoms with E-state index in [0.717, 1.165) is 4.31 Å². The van der Waals surface area contributed by atoms with Gasteiger partial charge in [-0.15, -0.1) is 0 Å². The maximum atomic E-state index is 13.4. The third kappa shape index (κ3) is 5.60. The molecule has 11 heteroatoms. The van der Waals surface area contributed by atoms with Crippen LogP contribution in [-0.4, -0.2) is 32.9 Å². The predicted octanol–water partition coefficient (Wildman–Crippen LogP) is 4.40. The molecule has 9 nitrogen and oxygen atoms in total. The second-order valence-electron chi connectivity index (χ2n) is 6.97. The summed E-state index contributed by atoms with van der Waals surface area (Å²) in [5, 5.41) is 13.9. The lowest BCUT2D eigenvalue weighted by Crippen LogP contribution is -2.38. The number of aryl methyl sites for hydroxylation is 1.